The van der Waals surface area contributed by atoms with Crippen LogP contribution in [0.4, 0.5) is 10.5 Å². The minimum atomic E-state index is -1.25. The molecule has 4 amide bonds. The molecule has 7 heteroatoms. The van der Waals surface area contributed by atoms with Gasteiger partial charge in [0.25, 0.3) is 5.91 Å². The summed E-state index contributed by atoms with van der Waals surface area (Å²) in [5, 5.41) is 5.49. The van der Waals surface area contributed by atoms with E-state index < -0.39 is 23.4 Å². The summed E-state index contributed by atoms with van der Waals surface area (Å²) in [4.78, 5) is 38.8. The van der Waals surface area contributed by atoms with Gasteiger partial charge in [0.15, 0.2) is 0 Å². The zero-order valence-corrected chi connectivity index (χ0v) is 16.1. The molecule has 7 nitrogen and oxygen atoms in total. The molecule has 27 heavy (non-hydrogen) atoms. The van der Waals surface area contributed by atoms with E-state index in [2.05, 4.69) is 10.6 Å². The molecule has 3 rings (SSSR count). The Kier molecular flexibility index (Phi) is 4.55. The number of benzene rings is 1. The van der Waals surface area contributed by atoms with Gasteiger partial charge in [-0.05, 0) is 51.8 Å². The summed E-state index contributed by atoms with van der Waals surface area (Å²) in [5.74, 6) is 0.302. The summed E-state index contributed by atoms with van der Waals surface area (Å²) in [6.45, 7) is 8.55. The normalized spacial score (nSPS) is 19.4. The highest BCUT2D eigenvalue weighted by atomic mass is 16.3. The smallest absolute Gasteiger partial charge is 0.325 e. The molecule has 1 aromatic carbocycles. The monoisotopic (exact) mass is 369 g/mol. The first-order chi connectivity index (χ1) is 12.6. The molecule has 1 atom stereocenters. The molecule has 2 N–H and O–H groups in total. The Labute approximate surface area is 157 Å². The fraction of sp³-hybridized carbons (Fsp3) is 0.350. The SMILES string of the molecule is Cc1cc([C@@]2(C)NC(=O)N(CC(=O)Nc3c(C)cccc3C)C2=O)c(C)o1. The van der Waals surface area contributed by atoms with Crippen molar-refractivity contribution in [1.29, 1.82) is 0 Å². The van der Waals surface area contributed by atoms with Gasteiger partial charge in [-0.1, -0.05) is 18.2 Å². The summed E-state index contributed by atoms with van der Waals surface area (Å²) < 4.78 is 5.50. The highest BCUT2D eigenvalue weighted by molar-refractivity contribution is 6.10. The van der Waals surface area contributed by atoms with E-state index in [0.29, 0.717) is 22.8 Å². The third-order valence-corrected chi connectivity index (χ3v) is 4.90. The van der Waals surface area contributed by atoms with E-state index in [1.165, 1.54) is 0 Å². The number of urea groups is 1. The third-order valence-electron chi connectivity index (χ3n) is 4.90. The molecule has 1 aromatic heterocycles. The highest BCUT2D eigenvalue weighted by Crippen LogP contribution is 2.32. The van der Waals surface area contributed by atoms with Gasteiger partial charge in [-0.2, -0.15) is 0 Å². The lowest BCUT2D eigenvalue weighted by atomic mass is 9.92. The predicted octanol–water partition coefficient (Wildman–Crippen LogP) is 2.92. The maximum absolute atomic E-state index is 12.9. The Morgan fingerprint density at radius 1 is 1.19 bits per heavy atom. The predicted molar refractivity (Wildman–Crippen MR) is 100 cm³/mol. The van der Waals surface area contributed by atoms with Gasteiger partial charge in [-0.25, -0.2) is 4.79 Å². The molecule has 0 spiro atoms. The Morgan fingerprint density at radius 2 is 1.81 bits per heavy atom. The van der Waals surface area contributed by atoms with Crippen molar-refractivity contribution < 1.29 is 18.8 Å². The number of rotatable bonds is 4. The first-order valence-corrected chi connectivity index (χ1v) is 8.71. The number of nitrogens with zero attached hydrogens (tertiary/aromatic N) is 1. The number of imide groups is 1. The van der Waals surface area contributed by atoms with Gasteiger partial charge in [0, 0.05) is 11.3 Å². The Balaban J connectivity index is 1.80. The van der Waals surface area contributed by atoms with Crippen LogP contribution in [0.25, 0.3) is 0 Å². The topological polar surface area (TPSA) is 91.7 Å². The second-order valence-corrected chi connectivity index (χ2v) is 7.09. The molecule has 1 fully saturated rings. The molecule has 142 valence electrons. The van der Waals surface area contributed by atoms with E-state index in [-0.39, 0.29) is 6.54 Å². The number of carbonyl (C=O) groups is 3. The zero-order valence-electron chi connectivity index (χ0n) is 16.1. The molecular weight excluding hydrogens is 346 g/mol. The lowest BCUT2D eigenvalue weighted by Crippen LogP contribution is -2.42. The van der Waals surface area contributed by atoms with Crippen molar-refractivity contribution in [2.75, 3.05) is 11.9 Å². The molecule has 2 aromatic rings. The minimum Gasteiger partial charge on any atom is -0.466 e. The van der Waals surface area contributed by atoms with Crippen LogP contribution in [-0.4, -0.2) is 29.3 Å². The lowest BCUT2D eigenvalue weighted by molar-refractivity contribution is -0.133. The summed E-state index contributed by atoms with van der Waals surface area (Å²) >= 11 is 0. The number of furan rings is 1. The van der Waals surface area contributed by atoms with Crippen molar-refractivity contribution in [3.8, 4) is 0 Å². The highest BCUT2D eigenvalue weighted by Gasteiger charge is 2.51. The van der Waals surface area contributed by atoms with Crippen molar-refractivity contribution in [2.24, 2.45) is 0 Å². The number of carbonyl (C=O) groups excluding carboxylic acids is 3. The van der Waals surface area contributed by atoms with E-state index in [1.807, 2.05) is 32.0 Å². The maximum Gasteiger partial charge on any atom is 0.325 e. The lowest BCUT2D eigenvalue weighted by Gasteiger charge is -2.21. The fourth-order valence-corrected chi connectivity index (χ4v) is 3.48. The number of para-hydroxylation sites is 1. The Hall–Kier alpha value is -3.09. The van der Waals surface area contributed by atoms with Crippen molar-refractivity contribution in [2.45, 2.75) is 40.2 Å². The second-order valence-electron chi connectivity index (χ2n) is 7.09. The van der Waals surface area contributed by atoms with Gasteiger partial charge in [0.05, 0.1) is 0 Å². The van der Waals surface area contributed by atoms with Gasteiger partial charge >= 0.3 is 6.03 Å². The summed E-state index contributed by atoms with van der Waals surface area (Å²) in [6.07, 6.45) is 0. The Bertz CT molecular complexity index is 926. The van der Waals surface area contributed by atoms with E-state index in [9.17, 15) is 14.4 Å². The average Bonchev–Trinajstić information content (AvgIpc) is 3.03. The molecule has 1 aliphatic rings. The van der Waals surface area contributed by atoms with Gasteiger partial charge in [0.2, 0.25) is 5.91 Å². The molecule has 2 heterocycles. The number of hydrogen-bond donors (Lipinski definition) is 2. The molecule has 0 unspecified atom stereocenters. The molecule has 0 bridgehead atoms. The molecule has 0 radical (unpaired) electrons. The third kappa shape index (κ3) is 3.20. The number of anilines is 1. The van der Waals surface area contributed by atoms with Crippen molar-refractivity contribution in [3.05, 3.63) is 52.5 Å². The van der Waals surface area contributed by atoms with Gasteiger partial charge in [0.1, 0.15) is 23.6 Å². The molecular formula is C20H23N3O4. The molecule has 0 aliphatic carbocycles. The number of aryl methyl sites for hydroxylation is 4. The standard InChI is InChI=1S/C20H23N3O4/c1-11-7-6-8-12(2)17(11)21-16(24)10-23-18(25)20(5,22-19(23)26)15-9-13(3)27-14(15)4/h6-9H,10H2,1-5H3,(H,21,24)(H,22,26)/t20-/m1/s1. The zero-order chi connectivity index (χ0) is 19.9. The fourth-order valence-electron chi connectivity index (χ4n) is 3.48. The number of nitrogens with one attached hydrogen (secondary N) is 2. The van der Waals surface area contributed by atoms with Crippen LogP contribution in [-0.2, 0) is 15.1 Å². The van der Waals surface area contributed by atoms with Crippen molar-refractivity contribution in [1.82, 2.24) is 10.2 Å². The molecule has 1 aliphatic heterocycles. The van der Waals surface area contributed by atoms with Crippen molar-refractivity contribution in [3.63, 3.8) is 0 Å². The van der Waals surface area contributed by atoms with E-state index in [4.69, 9.17) is 4.42 Å². The second kappa shape index (κ2) is 6.57. The quantitative estimate of drug-likeness (QED) is 0.811. The van der Waals surface area contributed by atoms with Crippen LogP contribution in [0.3, 0.4) is 0 Å². The molecule has 0 saturated carbocycles. The van der Waals surface area contributed by atoms with Crippen LogP contribution >= 0.6 is 0 Å². The van der Waals surface area contributed by atoms with E-state index in [1.54, 1.807) is 26.8 Å². The van der Waals surface area contributed by atoms with Gasteiger partial charge in [-0.15, -0.1) is 0 Å². The summed E-state index contributed by atoms with van der Waals surface area (Å²) in [7, 11) is 0. The van der Waals surface area contributed by atoms with Crippen LogP contribution in [0.5, 0.6) is 0 Å². The average molecular weight is 369 g/mol. The largest absolute Gasteiger partial charge is 0.466 e. The number of hydrogen-bond acceptors (Lipinski definition) is 4. The van der Waals surface area contributed by atoms with Crippen LogP contribution < -0.4 is 10.6 Å². The number of amides is 4. The van der Waals surface area contributed by atoms with Crippen LogP contribution in [0, 0.1) is 27.7 Å². The minimum absolute atomic E-state index is 0.357. The first-order valence-electron chi connectivity index (χ1n) is 8.71. The van der Waals surface area contributed by atoms with Crippen LogP contribution in [0.1, 0.15) is 35.1 Å². The van der Waals surface area contributed by atoms with E-state index in [0.717, 1.165) is 16.0 Å². The van der Waals surface area contributed by atoms with E-state index >= 15 is 0 Å². The maximum atomic E-state index is 12.9. The van der Waals surface area contributed by atoms with Crippen LogP contribution in [0.15, 0.2) is 28.7 Å². The summed E-state index contributed by atoms with van der Waals surface area (Å²) in [6, 6.07) is 6.80. The first kappa shape index (κ1) is 18.7. The Morgan fingerprint density at radius 3 is 2.37 bits per heavy atom. The van der Waals surface area contributed by atoms with Gasteiger partial charge in [-0.3, -0.25) is 14.5 Å². The summed E-state index contributed by atoms with van der Waals surface area (Å²) in [5.41, 5.74) is 1.86. The van der Waals surface area contributed by atoms with Gasteiger partial charge < -0.3 is 15.1 Å². The molecule has 1 saturated heterocycles. The van der Waals surface area contributed by atoms with Crippen molar-refractivity contribution >= 4 is 23.5 Å². The van der Waals surface area contributed by atoms with Crippen LogP contribution in [0.2, 0.25) is 0 Å².